The number of ether oxygens (including phenoxy) is 2. The van der Waals surface area contributed by atoms with Gasteiger partial charge in [0.15, 0.2) is 0 Å². The van der Waals surface area contributed by atoms with Gasteiger partial charge < -0.3 is 9.47 Å². The minimum Gasteiger partial charge on any atom is -0.465 e. The molecule has 3 nitrogen and oxygen atoms in total. The van der Waals surface area contributed by atoms with Crippen LogP contribution in [0.2, 0.25) is 0 Å². The van der Waals surface area contributed by atoms with E-state index in [2.05, 4.69) is 11.2 Å². The summed E-state index contributed by atoms with van der Waals surface area (Å²) in [6.07, 6.45) is 3.71. The average Bonchev–Trinajstić information content (AvgIpc) is 2.73. The van der Waals surface area contributed by atoms with E-state index in [0.29, 0.717) is 5.90 Å². The second-order valence-corrected chi connectivity index (χ2v) is 6.64. The number of nitrogens with zero attached hydrogens (tertiary/aromatic N) is 1. The Morgan fingerprint density at radius 2 is 1.41 bits per heavy atom. The van der Waals surface area contributed by atoms with Crippen molar-refractivity contribution in [1.82, 2.24) is 0 Å². The van der Waals surface area contributed by atoms with Gasteiger partial charge in [-0.25, -0.2) is 4.99 Å². The van der Waals surface area contributed by atoms with Gasteiger partial charge >= 0.3 is 0 Å². The molecule has 0 aromatic heterocycles. The number of para-hydroxylation sites is 2. The van der Waals surface area contributed by atoms with Crippen LogP contribution in [-0.2, 0) is 0 Å². The second kappa shape index (κ2) is 9.64. The van der Waals surface area contributed by atoms with Crippen LogP contribution in [0.5, 0.6) is 11.5 Å². The molecule has 0 fully saturated rings. The Balaban J connectivity index is 1.87. The lowest BCUT2D eigenvalue weighted by molar-refractivity contribution is 0.473. The smallest absolute Gasteiger partial charge is 0.225 e. The quantitative estimate of drug-likeness (QED) is 0.213. The number of hydrogen-bond acceptors (Lipinski definition) is 4. The van der Waals surface area contributed by atoms with Gasteiger partial charge in [0.05, 0.1) is 11.9 Å². The highest BCUT2D eigenvalue weighted by Crippen LogP contribution is 2.22. The molecule has 4 heteroatoms. The maximum Gasteiger partial charge on any atom is 0.225 e. The van der Waals surface area contributed by atoms with Gasteiger partial charge in [0.1, 0.15) is 11.5 Å². The molecular formula is C23H21NO2S. The summed E-state index contributed by atoms with van der Waals surface area (Å²) in [5, 5.41) is 0. The van der Waals surface area contributed by atoms with Crippen molar-refractivity contribution in [3.63, 3.8) is 0 Å². The molecule has 136 valence electrons. The largest absolute Gasteiger partial charge is 0.465 e. The van der Waals surface area contributed by atoms with Gasteiger partial charge in [0.25, 0.3) is 0 Å². The van der Waals surface area contributed by atoms with E-state index in [1.165, 1.54) is 4.90 Å². The molecule has 0 unspecified atom stereocenters. The summed E-state index contributed by atoms with van der Waals surface area (Å²) in [5.41, 5.74) is 1.61. The summed E-state index contributed by atoms with van der Waals surface area (Å²) in [5.74, 6) is 1.98. The van der Waals surface area contributed by atoms with E-state index in [9.17, 15) is 0 Å². The maximum absolute atomic E-state index is 6.02. The monoisotopic (exact) mass is 375 g/mol. The molecular weight excluding hydrogens is 354 g/mol. The van der Waals surface area contributed by atoms with Crippen LogP contribution in [0.4, 0.5) is 5.69 Å². The number of hydrogen-bond donors (Lipinski definition) is 0. The lowest BCUT2D eigenvalue weighted by atomic mass is 10.3. The van der Waals surface area contributed by atoms with E-state index < -0.39 is 0 Å². The van der Waals surface area contributed by atoms with E-state index in [1.54, 1.807) is 18.0 Å². The van der Waals surface area contributed by atoms with Gasteiger partial charge in [-0.3, -0.25) is 0 Å². The highest BCUT2D eigenvalue weighted by atomic mass is 32.2. The van der Waals surface area contributed by atoms with Crippen LogP contribution >= 0.6 is 11.8 Å². The molecule has 0 heterocycles. The number of benzene rings is 3. The lowest BCUT2D eigenvalue weighted by Crippen LogP contribution is -2.10. The van der Waals surface area contributed by atoms with E-state index in [4.69, 9.17) is 9.47 Å². The molecule has 0 spiro atoms. The topological polar surface area (TPSA) is 30.8 Å². The van der Waals surface area contributed by atoms with Crippen molar-refractivity contribution in [3.8, 4) is 11.5 Å². The molecule has 0 radical (unpaired) electrons. The first-order valence-corrected chi connectivity index (χ1v) is 9.81. The van der Waals surface area contributed by atoms with Gasteiger partial charge in [-0.05, 0) is 61.7 Å². The Morgan fingerprint density at radius 1 is 0.815 bits per heavy atom. The molecule has 0 aliphatic heterocycles. The molecule has 0 N–H and O–H groups in total. The Morgan fingerprint density at radius 3 is 2.00 bits per heavy atom. The molecule has 0 atom stereocenters. The van der Waals surface area contributed by atoms with Gasteiger partial charge in [-0.2, -0.15) is 0 Å². The molecule has 0 aliphatic rings. The molecule has 27 heavy (non-hydrogen) atoms. The lowest BCUT2D eigenvalue weighted by Gasteiger charge is -2.10. The van der Waals surface area contributed by atoms with Crippen molar-refractivity contribution in [2.24, 2.45) is 4.99 Å². The fourth-order valence-electron chi connectivity index (χ4n) is 2.27. The van der Waals surface area contributed by atoms with Crippen LogP contribution < -0.4 is 9.47 Å². The predicted molar refractivity (Wildman–Crippen MR) is 113 cm³/mol. The highest BCUT2D eigenvalue weighted by molar-refractivity contribution is 7.98. The van der Waals surface area contributed by atoms with Crippen molar-refractivity contribution in [1.29, 1.82) is 0 Å². The van der Waals surface area contributed by atoms with E-state index in [-0.39, 0.29) is 0 Å². The molecule has 3 aromatic rings. The van der Waals surface area contributed by atoms with E-state index >= 15 is 0 Å². The van der Waals surface area contributed by atoms with Gasteiger partial charge in [-0.1, -0.05) is 36.4 Å². The van der Waals surface area contributed by atoms with Crippen LogP contribution in [0.15, 0.2) is 107 Å². The second-order valence-electron chi connectivity index (χ2n) is 5.76. The Kier molecular flexibility index (Phi) is 6.72. The van der Waals surface area contributed by atoms with E-state index in [0.717, 1.165) is 22.8 Å². The molecule has 0 saturated heterocycles. The average molecular weight is 375 g/mol. The van der Waals surface area contributed by atoms with Crippen molar-refractivity contribution in [3.05, 3.63) is 96.8 Å². The van der Waals surface area contributed by atoms with Crippen LogP contribution in [0.25, 0.3) is 0 Å². The zero-order valence-electron chi connectivity index (χ0n) is 15.3. The Hall–Kier alpha value is -2.98. The standard InChI is InChI=1S/C23H21NO2S/c1-18(17-25-20-9-5-3-6-10-20)23(26-21-11-7-4-8-12-21)24-19-13-15-22(27-2)16-14-19/h3-17H,1-2H3. The van der Waals surface area contributed by atoms with E-state index in [1.807, 2.05) is 91.9 Å². The van der Waals surface area contributed by atoms with Crippen LogP contribution in [0.3, 0.4) is 0 Å². The van der Waals surface area contributed by atoms with Crippen molar-refractivity contribution in [2.75, 3.05) is 6.26 Å². The maximum atomic E-state index is 6.02. The minimum atomic E-state index is 0.494. The summed E-state index contributed by atoms with van der Waals surface area (Å²) in [6, 6.07) is 27.3. The summed E-state index contributed by atoms with van der Waals surface area (Å²) in [6.45, 7) is 1.92. The summed E-state index contributed by atoms with van der Waals surface area (Å²) in [7, 11) is 0. The molecule has 0 bridgehead atoms. The minimum absolute atomic E-state index is 0.494. The molecule has 0 amide bonds. The Labute approximate surface area is 164 Å². The van der Waals surface area contributed by atoms with Crippen LogP contribution in [0, 0.1) is 0 Å². The first-order chi connectivity index (χ1) is 13.2. The first-order valence-electron chi connectivity index (χ1n) is 8.59. The molecule has 0 aliphatic carbocycles. The van der Waals surface area contributed by atoms with Crippen LogP contribution in [-0.4, -0.2) is 12.2 Å². The number of rotatable bonds is 6. The zero-order chi connectivity index (χ0) is 18.9. The Bertz CT molecular complexity index is 904. The normalized spacial score (nSPS) is 11.9. The number of aliphatic imine (C=N–C) groups is 1. The summed E-state index contributed by atoms with van der Waals surface area (Å²) >= 11 is 1.70. The fraction of sp³-hybridized carbons (Fsp3) is 0.0870. The molecule has 3 aromatic carbocycles. The summed E-state index contributed by atoms with van der Waals surface area (Å²) in [4.78, 5) is 5.87. The van der Waals surface area contributed by atoms with Crippen LogP contribution in [0.1, 0.15) is 6.92 Å². The third kappa shape index (κ3) is 5.76. The van der Waals surface area contributed by atoms with Crippen molar-refractivity contribution < 1.29 is 9.47 Å². The third-order valence-electron chi connectivity index (χ3n) is 3.71. The third-order valence-corrected chi connectivity index (χ3v) is 4.46. The van der Waals surface area contributed by atoms with Crippen molar-refractivity contribution >= 4 is 23.3 Å². The van der Waals surface area contributed by atoms with Gasteiger partial charge in [0.2, 0.25) is 5.90 Å². The predicted octanol–water partition coefficient (Wildman–Crippen LogP) is 6.50. The SMILES string of the molecule is CSc1ccc(N=C(Oc2ccccc2)C(C)=COc2ccccc2)cc1. The highest BCUT2D eigenvalue weighted by Gasteiger charge is 2.08. The van der Waals surface area contributed by atoms with Crippen molar-refractivity contribution in [2.45, 2.75) is 11.8 Å². The van der Waals surface area contributed by atoms with Gasteiger partial charge in [0, 0.05) is 10.5 Å². The number of thioether (sulfide) groups is 1. The molecule has 3 rings (SSSR count). The summed E-state index contributed by atoms with van der Waals surface area (Å²) < 4.78 is 11.8. The zero-order valence-corrected chi connectivity index (χ0v) is 16.1. The molecule has 0 saturated carbocycles. The fourth-order valence-corrected chi connectivity index (χ4v) is 2.68. The first kappa shape index (κ1) is 18.8. The van der Waals surface area contributed by atoms with Gasteiger partial charge in [-0.15, -0.1) is 11.8 Å².